The van der Waals surface area contributed by atoms with E-state index < -0.39 is 17.3 Å². The molecule has 1 heterocycles. The molecule has 130 valence electrons. The highest BCUT2D eigenvalue weighted by molar-refractivity contribution is 6.27. The fraction of sp³-hybridized carbons (Fsp3) is 0.500. The van der Waals surface area contributed by atoms with E-state index in [1.54, 1.807) is 11.0 Å². The van der Waals surface area contributed by atoms with Gasteiger partial charge in [0.25, 0.3) is 0 Å². The fourth-order valence-electron chi connectivity index (χ4n) is 2.95. The molecule has 1 saturated heterocycles. The quantitative estimate of drug-likeness (QED) is 0.762. The molecule has 1 aromatic carbocycles. The van der Waals surface area contributed by atoms with Crippen LogP contribution in [0.4, 0.5) is 18.9 Å². The van der Waals surface area contributed by atoms with Crippen molar-refractivity contribution in [2.24, 2.45) is 0 Å². The summed E-state index contributed by atoms with van der Waals surface area (Å²) in [6, 6.07) is 4.94. The zero-order valence-electron chi connectivity index (χ0n) is 13.3. The van der Waals surface area contributed by atoms with Gasteiger partial charge in [-0.3, -0.25) is 4.79 Å². The van der Waals surface area contributed by atoms with Crippen LogP contribution in [0.15, 0.2) is 18.2 Å². The number of amides is 1. The van der Waals surface area contributed by atoms with E-state index in [4.69, 9.17) is 16.9 Å². The first-order valence-electron chi connectivity index (χ1n) is 7.42. The summed E-state index contributed by atoms with van der Waals surface area (Å²) in [7, 11) is 0. The second kappa shape index (κ2) is 6.89. The lowest BCUT2D eigenvalue weighted by Gasteiger charge is -2.45. The number of piperazine rings is 1. The summed E-state index contributed by atoms with van der Waals surface area (Å²) in [4.78, 5) is 15.3. The maximum Gasteiger partial charge on any atom is 0.417 e. The molecule has 0 N–H and O–H groups in total. The number of rotatable bonds is 2. The number of anilines is 1. The first-order valence-corrected chi connectivity index (χ1v) is 7.96. The third kappa shape index (κ3) is 3.59. The highest BCUT2D eigenvalue weighted by Gasteiger charge is 2.36. The number of carbonyl (C=O) groups excluding carboxylic acids is 1. The maximum atomic E-state index is 13.1. The second-order valence-electron chi connectivity index (χ2n) is 5.87. The van der Waals surface area contributed by atoms with Gasteiger partial charge in [-0.15, -0.1) is 11.6 Å². The Labute approximate surface area is 143 Å². The van der Waals surface area contributed by atoms with Crippen LogP contribution in [0.5, 0.6) is 0 Å². The summed E-state index contributed by atoms with van der Waals surface area (Å²) in [6.45, 7) is 4.45. The second-order valence-corrected chi connectivity index (χ2v) is 6.14. The third-order valence-corrected chi connectivity index (χ3v) is 4.41. The van der Waals surface area contributed by atoms with Crippen molar-refractivity contribution in [2.45, 2.75) is 32.1 Å². The molecule has 2 rings (SSSR count). The Bertz CT molecular complexity index is 672. The van der Waals surface area contributed by atoms with E-state index in [1.807, 2.05) is 18.7 Å². The number of alkyl halides is 4. The van der Waals surface area contributed by atoms with Crippen LogP contribution in [0.1, 0.15) is 25.0 Å². The van der Waals surface area contributed by atoms with Crippen LogP contribution in [0.2, 0.25) is 0 Å². The standard InChI is InChI=1S/C16H17ClF3N3O/c1-10-9-23(15(24)6-17)11(2)8-22(10)13-4-3-12(7-21)14(5-13)16(18,19)20/h3-5,10-11H,6,8-9H2,1-2H3/t10-,11+/m0/s1. The number of carbonyl (C=O) groups is 1. The predicted octanol–water partition coefficient (Wildman–Crippen LogP) is 3.24. The third-order valence-electron chi connectivity index (χ3n) is 4.18. The lowest BCUT2D eigenvalue weighted by atomic mass is 10.0. The predicted molar refractivity (Wildman–Crippen MR) is 84.9 cm³/mol. The van der Waals surface area contributed by atoms with Gasteiger partial charge in [0.05, 0.1) is 17.2 Å². The summed E-state index contributed by atoms with van der Waals surface area (Å²) in [5.74, 6) is -0.307. The normalized spacial score (nSPS) is 21.5. The molecule has 0 unspecified atom stereocenters. The SMILES string of the molecule is C[C@@H]1CN(c2ccc(C#N)c(C(F)(F)F)c2)[C@@H](C)CN1C(=O)CCl. The van der Waals surface area contributed by atoms with Crippen LogP contribution < -0.4 is 4.90 Å². The lowest BCUT2D eigenvalue weighted by molar-refractivity contribution is -0.137. The van der Waals surface area contributed by atoms with Crippen molar-refractivity contribution in [3.8, 4) is 6.07 Å². The molecule has 1 amide bonds. The Balaban J connectivity index is 2.33. The molecule has 0 radical (unpaired) electrons. The number of halogens is 4. The Morgan fingerprint density at radius 1 is 1.33 bits per heavy atom. The smallest absolute Gasteiger partial charge is 0.365 e. The maximum absolute atomic E-state index is 13.1. The van der Waals surface area contributed by atoms with Gasteiger partial charge in [-0.1, -0.05) is 0 Å². The van der Waals surface area contributed by atoms with Crippen molar-refractivity contribution in [3.63, 3.8) is 0 Å². The van der Waals surface area contributed by atoms with Crippen LogP contribution >= 0.6 is 11.6 Å². The molecular weight excluding hydrogens is 343 g/mol. The Hall–Kier alpha value is -1.94. The van der Waals surface area contributed by atoms with E-state index >= 15 is 0 Å². The van der Waals surface area contributed by atoms with Crippen LogP contribution in [0, 0.1) is 11.3 Å². The van der Waals surface area contributed by atoms with E-state index in [1.165, 1.54) is 12.1 Å². The number of nitrogens with zero attached hydrogens (tertiary/aromatic N) is 3. The van der Waals surface area contributed by atoms with Gasteiger partial charge in [-0.05, 0) is 32.0 Å². The molecule has 24 heavy (non-hydrogen) atoms. The minimum Gasteiger partial charge on any atom is -0.365 e. The summed E-state index contributed by atoms with van der Waals surface area (Å²) < 4.78 is 39.4. The minimum atomic E-state index is -4.59. The van der Waals surface area contributed by atoms with Crippen LogP contribution in [0.3, 0.4) is 0 Å². The van der Waals surface area contributed by atoms with Gasteiger partial charge in [-0.25, -0.2) is 0 Å². The minimum absolute atomic E-state index is 0.119. The molecule has 0 aromatic heterocycles. The van der Waals surface area contributed by atoms with Crippen LogP contribution in [-0.4, -0.2) is 41.9 Å². The van der Waals surface area contributed by atoms with Gasteiger partial charge in [0.15, 0.2) is 0 Å². The van der Waals surface area contributed by atoms with Crippen molar-refractivity contribution in [1.82, 2.24) is 4.90 Å². The summed E-state index contributed by atoms with van der Waals surface area (Å²) in [5.41, 5.74) is -0.955. The van der Waals surface area contributed by atoms with Crippen molar-refractivity contribution < 1.29 is 18.0 Å². The van der Waals surface area contributed by atoms with Gasteiger partial charge in [0.2, 0.25) is 5.91 Å². The summed E-state index contributed by atoms with van der Waals surface area (Å²) in [6.07, 6.45) is -4.59. The number of hydrogen-bond acceptors (Lipinski definition) is 3. The van der Waals surface area contributed by atoms with Crippen molar-refractivity contribution in [1.29, 1.82) is 5.26 Å². The van der Waals surface area contributed by atoms with Crippen molar-refractivity contribution in [3.05, 3.63) is 29.3 Å². The Kier molecular flexibility index (Phi) is 5.29. The van der Waals surface area contributed by atoms with Crippen molar-refractivity contribution in [2.75, 3.05) is 23.9 Å². The molecule has 4 nitrogen and oxygen atoms in total. The van der Waals surface area contributed by atoms with Crippen molar-refractivity contribution >= 4 is 23.2 Å². The average molecular weight is 360 g/mol. The Morgan fingerprint density at radius 3 is 2.54 bits per heavy atom. The van der Waals surface area contributed by atoms with Gasteiger partial charge < -0.3 is 9.80 Å². The van der Waals surface area contributed by atoms with E-state index in [0.717, 1.165) is 6.07 Å². The topological polar surface area (TPSA) is 47.3 Å². The zero-order valence-corrected chi connectivity index (χ0v) is 14.0. The first-order chi connectivity index (χ1) is 11.2. The van der Waals surface area contributed by atoms with Crippen LogP contribution in [0.25, 0.3) is 0 Å². The first kappa shape index (κ1) is 18.4. The van der Waals surface area contributed by atoms with E-state index in [2.05, 4.69) is 0 Å². The summed E-state index contributed by atoms with van der Waals surface area (Å²) >= 11 is 5.60. The molecule has 1 fully saturated rings. The molecule has 2 atom stereocenters. The van der Waals surface area contributed by atoms with Gasteiger partial charge in [0, 0.05) is 30.9 Å². The van der Waals surface area contributed by atoms with Gasteiger partial charge in [-0.2, -0.15) is 18.4 Å². The number of benzene rings is 1. The molecule has 1 aromatic rings. The average Bonchev–Trinajstić information content (AvgIpc) is 2.54. The van der Waals surface area contributed by atoms with E-state index in [-0.39, 0.29) is 23.9 Å². The molecule has 0 spiro atoms. The van der Waals surface area contributed by atoms with Crippen LogP contribution in [-0.2, 0) is 11.0 Å². The summed E-state index contributed by atoms with van der Waals surface area (Å²) in [5, 5.41) is 8.88. The monoisotopic (exact) mass is 359 g/mol. The molecule has 0 bridgehead atoms. The number of nitriles is 1. The van der Waals surface area contributed by atoms with Gasteiger partial charge >= 0.3 is 6.18 Å². The molecule has 1 aliphatic heterocycles. The zero-order chi connectivity index (χ0) is 18.1. The highest BCUT2D eigenvalue weighted by Crippen LogP contribution is 2.35. The molecule has 0 aliphatic carbocycles. The molecule has 1 aliphatic rings. The fourth-order valence-corrected chi connectivity index (χ4v) is 3.11. The Morgan fingerprint density at radius 2 is 2.00 bits per heavy atom. The molecule has 8 heteroatoms. The van der Waals surface area contributed by atoms with Gasteiger partial charge in [0.1, 0.15) is 5.88 Å². The van der Waals surface area contributed by atoms with E-state index in [0.29, 0.717) is 18.8 Å². The lowest BCUT2D eigenvalue weighted by Crippen LogP contribution is -2.58. The largest absolute Gasteiger partial charge is 0.417 e. The number of hydrogen-bond donors (Lipinski definition) is 0. The van der Waals surface area contributed by atoms with E-state index in [9.17, 15) is 18.0 Å². The molecule has 0 saturated carbocycles. The molecular formula is C16H17ClF3N3O. The highest BCUT2D eigenvalue weighted by atomic mass is 35.5.